The van der Waals surface area contributed by atoms with E-state index in [9.17, 15) is 4.79 Å². The molecular weight excluding hydrogens is 264 g/mol. The van der Waals surface area contributed by atoms with Gasteiger partial charge in [-0.25, -0.2) is 0 Å². The monoisotopic (exact) mass is 284 g/mol. The molecule has 1 aromatic heterocycles. The van der Waals surface area contributed by atoms with Gasteiger partial charge in [0.05, 0.1) is 11.3 Å². The zero-order chi connectivity index (χ0) is 15.5. The molecular formula is C16H20N4O. The Morgan fingerprint density at radius 2 is 1.81 bits per heavy atom. The van der Waals surface area contributed by atoms with Gasteiger partial charge in [0.1, 0.15) is 0 Å². The molecule has 1 amide bonds. The lowest BCUT2D eigenvalue weighted by atomic mass is 9.87. The molecule has 21 heavy (non-hydrogen) atoms. The SMILES string of the molecule is CC(C)(C)c1ccc(NC(=O)c2cnccc2NN)cc1. The van der Waals surface area contributed by atoms with Crippen LogP contribution in [0.5, 0.6) is 0 Å². The molecule has 0 aliphatic heterocycles. The summed E-state index contributed by atoms with van der Waals surface area (Å²) in [4.78, 5) is 16.2. The van der Waals surface area contributed by atoms with Gasteiger partial charge >= 0.3 is 0 Å². The Hall–Kier alpha value is -2.40. The Bertz CT molecular complexity index is 629. The first-order chi connectivity index (χ1) is 9.91. The maximum Gasteiger partial charge on any atom is 0.259 e. The fourth-order valence-electron chi connectivity index (χ4n) is 1.95. The van der Waals surface area contributed by atoms with Crippen LogP contribution in [0.1, 0.15) is 36.7 Å². The fourth-order valence-corrected chi connectivity index (χ4v) is 1.95. The van der Waals surface area contributed by atoms with E-state index in [0.29, 0.717) is 11.3 Å². The normalized spacial score (nSPS) is 11.0. The maximum atomic E-state index is 12.2. The summed E-state index contributed by atoms with van der Waals surface area (Å²) in [5, 5.41) is 2.84. The van der Waals surface area contributed by atoms with Crippen LogP contribution >= 0.6 is 0 Å². The molecule has 2 aromatic rings. The zero-order valence-electron chi connectivity index (χ0n) is 12.5. The van der Waals surface area contributed by atoms with E-state index < -0.39 is 0 Å². The number of hydrogen-bond donors (Lipinski definition) is 3. The Morgan fingerprint density at radius 1 is 1.14 bits per heavy atom. The number of nitrogens with one attached hydrogen (secondary N) is 2. The molecule has 5 nitrogen and oxygen atoms in total. The zero-order valence-corrected chi connectivity index (χ0v) is 12.5. The van der Waals surface area contributed by atoms with E-state index in [-0.39, 0.29) is 11.3 Å². The number of anilines is 2. The van der Waals surface area contributed by atoms with Crippen LogP contribution in [0, 0.1) is 0 Å². The van der Waals surface area contributed by atoms with Crippen molar-refractivity contribution >= 4 is 17.3 Å². The van der Waals surface area contributed by atoms with Crippen LogP contribution in [-0.4, -0.2) is 10.9 Å². The summed E-state index contributed by atoms with van der Waals surface area (Å²) < 4.78 is 0. The van der Waals surface area contributed by atoms with Crippen molar-refractivity contribution in [3.63, 3.8) is 0 Å². The smallest absolute Gasteiger partial charge is 0.259 e. The van der Waals surface area contributed by atoms with E-state index >= 15 is 0 Å². The van der Waals surface area contributed by atoms with Crippen LogP contribution in [0.25, 0.3) is 0 Å². The van der Waals surface area contributed by atoms with Gasteiger partial charge in [-0.1, -0.05) is 32.9 Å². The van der Waals surface area contributed by atoms with Gasteiger partial charge in [0.25, 0.3) is 5.91 Å². The summed E-state index contributed by atoms with van der Waals surface area (Å²) >= 11 is 0. The third-order valence-corrected chi connectivity index (χ3v) is 3.23. The van der Waals surface area contributed by atoms with Gasteiger partial charge in [-0.2, -0.15) is 0 Å². The van der Waals surface area contributed by atoms with Crippen molar-refractivity contribution in [1.29, 1.82) is 0 Å². The van der Waals surface area contributed by atoms with E-state index in [1.165, 1.54) is 11.8 Å². The van der Waals surface area contributed by atoms with Crippen LogP contribution in [0.2, 0.25) is 0 Å². The lowest BCUT2D eigenvalue weighted by Gasteiger charge is -2.19. The lowest BCUT2D eigenvalue weighted by Crippen LogP contribution is -2.17. The Labute approximate surface area is 124 Å². The minimum atomic E-state index is -0.250. The molecule has 1 aromatic carbocycles. The number of hydrogen-bond acceptors (Lipinski definition) is 4. The highest BCUT2D eigenvalue weighted by atomic mass is 16.1. The van der Waals surface area contributed by atoms with Crippen molar-refractivity contribution in [3.8, 4) is 0 Å². The second-order valence-electron chi connectivity index (χ2n) is 5.85. The fraction of sp³-hybridized carbons (Fsp3) is 0.250. The van der Waals surface area contributed by atoms with Crippen LogP contribution in [-0.2, 0) is 5.41 Å². The molecule has 0 aliphatic rings. The lowest BCUT2D eigenvalue weighted by molar-refractivity contribution is 0.102. The molecule has 0 fully saturated rings. The Kier molecular flexibility index (Phi) is 4.23. The predicted molar refractivity (Wildman–Crippen MR) is 85.1 cm³/mol. The minimum Gasteiger partial charge on any atom is -0.323 e. The van der Waals surface area contributed by atoms with Gasteiger partial charge in [-0.3, -0.25) is 15.6 Å². The number of nitrogens with zero attached hydrogens (tertiary/aromatic N) is 1. The van der Waals surface area contributed by atoms with Gasteiger partial charge in [-0.05, 0) is 29.2 Å². The van der Waals surface area contributed by atoms with Crippen LogP contribution < -0.4 is 16.6 Å². The molecule has 0 radical (unpaired) electrons. The molecule has 1 heterocycles. The van der Waals surface area contributed by atoms with Crippen LogP contribution in [0.4, 0.5) is 11.4 Å². The molecule has 110 valence electrons. The van der Waals surface area contributed by atoms with E-state index in [1.54, 1.807) is 12.3 Å². The number of aromatic nitrogens is 1. The molecule has 0 unspecified atom stereocenters. The predicted octanol–water partition coefficient (Wildman–Crippen LogP) is 2.92. The van der Waals surface area contributed by atoms with Gasteiger partial charge in [0.15, 0.2) is 0 Å². The van der Waals surface area contributed by atoms with Gasteiger partial charge in [-0.15, -0.1) is 0 Å². The van der Waals surface area contributed by atoms with Crippen molar-refractivity contribution in [1.82, 2.24) is 4.98 Å². The van der Waals surface area contributed by atoms with Crippen molar-refractivity contribution in [2.45, 2.75) is 26.2 Å². The van der Waals surface area contributed by atoms with Crippen molar-refractivity contribution in [3.05, 3.63) is 53.9 Å². The van der Waals surface area contributed by atoms with Crippen molar-refractivity contribution in [2.24, 2.45) is 5.84 Å². The average Bonchev–Trinajstić information content (AvgIpc) is 2.46. The first kappa shape index (κ1) is 15.0. The third-order valence-electron chi connectivity index (χ3n) is 3.23. The number of carbonyl (C=O) groups is 1. The van der Waals surface area contributed by atoms with Crippen LogP contribution in [0.15, 0.2) is 42.7 Å². The van der Waals surface area contributed by atoms with Gasteiger partial charge < -0.3 is 10.7 Å². The van der Waals surface area contributed by atoms with Gasteiger partial charge in [0.2, 0.25) is 0 Å². The molecule has 0 aliphatic carbocycles. The number of amides is 1. The standard InChI is InChI=1S/C16H20N4O/c1-16(2,3)11-4-6-12(7-5-11)19-15(21)13-10-18-9-8-14(13)20-17/h4-10H,17H2,1-3H3,(H,18,20)(H,19,21). The first-order valence-corrected chi connectivity index (χ1v) is 6.74. The first-order valence-electron chi connectivity index (χ1n) is 6.74. The summed E-state index contributed by atoms with van der Waals surface area (Å²) in [6.45, 7) is 6.44. The van der Waals surface area contributed by atoms with Crippen molar-refractivity contribution < 1.29 is 4.79 Å². The molecule has 0 bridgehead atoms. The number of carbonyl (C=O) groups excluding carboxylic acids is 1. The Morgan fingerprint density at radius 3 is 2.38 bits per heavy atom. The topological polar surface area (TPSA) is 80.0 Å². The second-order valence-corrected chi connectivity index (χ2v) is 5.85. The van der Waals surface area contributed by atoms with E-state index in [0.717, 1.165) is 5.69 Å². The molecule has 0 atom stereocenters. The summed E-state index contributed by atoms with van der Waals surface area (Å²) in [6, 6.07) is 9.47. The molecule has 0 spiro atoms. The molecule has 5 heteroatoms. The summed E-state index contributed by atoms with van der Waals surface area (Å²) in [7, 11) is 0. The third kappa shape index (κ3) is 3.58. The van der Waals surface area contributed by atoms with Gasteiger partial charge in [0, 0.05) is 18.1 Å². The summed E-state index contributed by atoms with van der Waals surface area (Å²) in [5.41, 5.74) is 5.46. The molecule has 2 rings (SSSR count). The number of pyridine rings is 1. The maximum absolute atomic E-state index is 12.2. The Balaban J connectivity index is 2.16. The molecule has 0 saturated heterocycles. The van der Waals surface area contributed by atoms with Crippen LogP contribution in [0.3, 0.4) is 0 Å². The number of nitrogen functional groups attached to an aromatic ring is 1. The molecule has 0 saturated carbocycles. The quantitative estimate of drug-likeness (QED) is 0.598. The number of nitrogens with two attached hydrogens (primary N) is 1. The number of hydrazine groups is 1. The highest BCUT2D eigenvalue weighted by molar-refractivity contribution is 6.07. The summed E-state index contributed by atoms with van der Waals surface area (Å²) in [6.07, 6.45) is 3.05. The second kappa shape index (κ2) is 5.93. The number of rotatable bonds is 3. The average molecular weight is 284 g/mol. The van der Waals surface area contributed by atoms with Crippen molar-refractivity contribution in [2.75, 3.05) is 10.7 Å². The molecule has 4 N–H and O–H groups in total. The van der Waals surface area contributed by atoms with E-state index in [1.807, 2.05) is 24.3 Å². The largest absolute Gasteiger partial charge is 0.323 e. The van der Waals surface area contributed by atoms with E-state index in [4.69, 9.17) is 5.84 Å². The number of benzene rings is 1. The summed E-state index contributed by atoms with van der Waals surface area (Å²) in [5.74, 6) is 5.14. The minimum absolute atomic E-state index is 0.0858. The van der Waals surface area contributed by atoms with E-state index in [2.05, 4.69) is 36.5 Å². The highest BCUT2D eigenvalue weighted by Gasteiger charge is 2.14. The highest BCUT2D eigenvalue weighted by Crippen LogP contribution is 2.24.